The van der Waals surface area contributed by atoms with Crippen LogP contribution in [0.25, 0.3) is 22.3 Å². The van der Waals surface area contributed by atoms with E-state index in [-0.39, 0.29) is 0 Å². The molecule has 0 spiro atoms. The molecule has 1 aromatic heterocycles. The van der Waals surface area contributed by atoms with Gasteiger partial charge in [0.1, 0.15) is 5.82 Å². The fourth-order valence-electron chi connectivity index (χ4n) is 2.13. The van der Waals surface area contributed by atoms with E-state index >= 15 is 0 Å². The van der Waals surface area contributed by atoms with Gasteiger partial charge in [-0.05, 0) is 40.4 Å². The van der Waals surface area contributed by atoms with E-state index in [1.54, 1.807) is 11.8 Å². The molecule has 0 aliphatic heterocycles. The Balaban J connectivity index is 2.30. The molecule has 0 aliphatic rings. The predicted molar refractivity (Wildman–Crippen MR) is 96.6 cm³/mol. The van der Waals surface area contributed by atoms with E-state index in [9.17, 15) is 0 Å². The van der Waals surface area contributed by atoms with E-state index in [2.05, 4.69) is 47.9 Å². The van der Waals surface area contributed by atoms with Crippen LogP contribution >= 0.6 is 43.6 Å². The average Bonchev–Trinajstić information content (AvgIpc) is 2.48. The fourth-order valence-corrected chi connectivity index (χ4v) is 4.04. The number of thioether (sulfide) groups is 1. The highest BCUT2D eigenvalue weighted by Gasteiger charge is 2.13. The largest absolute Gasteiger partial charge is 0.383 e. The van der Waals surface area contributed by atoms with Crippen molar-refractivity contribution >= 4 is 60.3 Å². The van der Waals surface area contributed by atoms with Crippen molar-refractivity contribution in [1.29, 1.82) is 0 Å². The van der Waals surface area contributed by atoms with Crippen molar-refractivity contribution in [3.63, 3.8) is 0 Å². The number of hydrogen-bond donors (Lipinski definition) is 1. The van der Waals surface area contributed by atoms with Gasteiger partial charge in [-0.15, -0.1) is 11.8 Å². The van der Waals surface area contributed by atoms with Crippen molar-refractivity contribution in [2.24, 2.45) is 0 Å². The maximum atomic E-state index is 6.12. The summed E-state index contributed by atoms with van der Waals surface area (Å²) >= 11 is 8.67. The Morgan fingerprint density at radius 1 is 1.10 bits per heavy atom. The number of fused-ring (bicyclic) bond motifs is 1. The van der Waals surface area contributed by atoms with Gasteiger partial charge in [-0.2, -0.15) is 0 Å². The van der Waals surface area contributed by atoms with Crippen LogP contribution in [0.1, 0.15) is 0 Å². The molecule has 0 fully saturated rings. The number of nitrogens with zero attached hydrogens (tertiary/aromatic N) is 2. The van der Waals surface area contributed by atoms with E-state index in [4.69, 9.17) is 5.73 Å². The van der Waals surface area contributed by atoms with Crippen LogP contribution in [0.3, 0.4) is 0 Å². The lowest BCUT2D eigenvalue weighted by Crippen LogP contribution is -1.99. The number of aromatic nitrogens is 2. The number of nitrogen functional groups attached to an aromatic ring is 1. The molecule has 2 N–H and O–H groups in total. The molecule has 6 heteroatoms. The molecule has 0 atom stereocenters. The van der Waals surface area contributed by atoms with E-state index in [1.807, 2.05) is 36.6 Å². The van der Waals surface area contributed by atoms with E-state index < -0.39 is 0 Å². The van der Waals surface area contributed by atoms with E-state index in [0.29, 0.717) is 11.6 Å². The SMILES string of the molecule is CSc1ccccc1-c1nc(N)c2cc(Br)cc(Br)c2n1. The molecule has 21 heavy (non-hydrogen) atoms. The first-order valence-corrected chi connectivity index (χ1v) is 8.97. The highest BCUT2D eigenvalue weighted by molar-refractivity contribution is 9.11. The van der Waals surface area contributed by atoms with Gasteiger partial charge < -0.3 is 5.73 Å². The first-order valence-electron chi connectivity index (χ1n) is 6.16. The zero-order valence-corrected chi connectivity index (χ0v) is 15.1. The lowest BCUT2D eigenvalue weighted by molar-refractivity contribution is 1.21. The predicted octanol–water partition coefficient (Wildman–Crippen LogP) is 5.13. The summed E-state index contributed by atoms with van der Waals surface area (Å²) in [5.74, 6) is 1.13. The molecule has 0 aliphatic carbocycles. The van der Waals surface area contributed by atoms with Gasteiger partial charge in [0, 0.05) is 24.8 Å². The lowest BCUT2D eigenvalue weighted by atomic mass is 10.2. The van der Waals surface area contributed by atoms with E-state index in [0.717, 1.165) is 30.3 Å². The van der Waals surface area contributed by atoms with Gasteiger partial charge in [-0.1, -0.05) is 34.1 Å². The van der Waals surface area contributed by atoms with Crippen molar-refractivity contribution in [2.45, 2.75) is 4.90 Å². The third-order valence-electron chi connectivity index (χ3n) is 3.10. The summed E-state index contributed by atoms with van der Waals surface area (Å²) in [6.45, 7) is 0. The Morgan fingerprint density at radius 3 is 2.62 bits per heavy atom. The number of hydrogen-bond acceptors (Lipinski definition) is 4. The maximum Gasteiger partial charge on any atom is 0.163 e. The molecule has 0 amide bonds. The number of anilines is 1. The van der Waals surface area contributed by atoms with E-state index in [1.165, 1.54) is 0 Å². The highest BCUT2D eigenvalue weighted by Crippen LogP contribution is 2.34. The Kier molecular flexibility index (Phi) is 4.19. The van der Waals surface area contributed by atoms with Crippen LogP contribution in [0.15, 0.2) is 50.2 Å². The second-order valence-corrected chi connectivity index (χ2v) is 7.03. The summed E-state index contributed by atoms with van der Waals surface area (Å²) in [5.41, 5.74) is 7.93. The third-order valence-corrected chi connectivity index (χ3v) is 4.95. The molecule has 3 rings (SSSR count). The molecule has 1 heterocycles. The molecule has 0 bridgehead atoms. The van der Waals surface area contributed by atoms with Gasteiger partial charge in [0.15, 0.2) is 5.82 Å². The molecule has 0 unspecified atom stereocenters. The topological polar surface area (TPSA) is 51.8 Å². The molecule has 0 saturated carbocycles. The molecule has 2 aromatic carbocycles. The average molecular weight is 425 g/mol. The van der Waals surface area contributed by atoms with Crippen LogP contribution in [-0.4, -0.2) is 16.2 Å². The second kappa shape index (κ2) is 5.94. The highest BCUT2D eigenvalue weighted by atomic mass is 79.9. The Labute approximate surface area is 143 Å². The molecule has 106 valence electrons. The summed E-state index contributed by atoms with van der Waals surface area (Å²) in [4.78, 5) is 10.3. The van der Waals surface area contributed by atoms with Gasteiger partial charge in [0.25, 0.3) is 0 Å². The van der Waals surface area contributed by atoms with Gasteiger partial charge in [-0.25, -0.2) is 9.97 Å². The first-order chi connectivity index (χ1) is 10.1. The van der Waals surface area contributed by atoms with Gasteiger partial charge in [0.05, 0.1) is 5.52 Å². The van der Waals surface area contributed by atoms with Crippen LogP contribution in [-0.2, 0) is 0 Å². The van der Waals surface area contributed by atoms with Crippen LogP contribution in [0.5, 0.6) is 0 Å². The maximum absolute atomic E-state index is 6.12. The molecular weight excluding hydrogens is 414 g/mol. The Hall–Kier alpha value is -1.11. The minimum atomic E-state index is 0.480. The number of halogens is 2. The van der Waals surface area contributed by atoms with Gasteiger partial charge in [0.2, 0.25) is 0 Å². The summed E-state index contributed by atoms with van der Waals surface area (Å²) in [6.07, 6.45) is 2.04. The smallest absolute Gasteiger partial charge is 0.163 e. The van der Waals surface area contributed by atoms with Crippen LogP contribution in [0, 0.1) is 0 Å². The third kappa shape index (κ3) is 2.80. The Morgan fingerprint density at radius 2 is 1.86 bits per heavy atom. The molecule has 0 radical (unpaired) electrons. The fraction of sp³-hybridized carbons (Fsp3) is 0.0667. The minimum Gasteiger partial charge on any atom is -0.383 e. The standard InChI is InChI=1S/C15H11Br2N3S/c1-21-12-5-3-2-4-9(12)15-19-13-10(14(18)20-15)6-8(16)7-11(13)17/h2-7H,1H3,(H2,18,19,20). The zero-order chi connectivity index (χ0) is 15.0. The monoisotopic (exact) mass is 423 g/mol. The molecule has 3 aromatic rings. The van der Waals surface area contributed by atoms with Crippen molar-refractivity contribution < 1.29 is 0 Å². The van der Waals surface area contributed by atoms with Crippen molar-refractivity contribution in [1.82, 2.24) is 9.97 Å². The summed E-state index contributed by atoms with van der Waals surface area (Å²) < 4.78 is 1.83. The minimum absolute atomic E-state index is 0.480. The van der Waals surface area contributed by atoms with Crippen LogP contribution in [0.4, 0.5) is 5.82 Å². The first kappa shape index (κ1) is 14.8. The normalized spacial score (nSPS) is 11.0. The Bertz CT molecular complexity index is 837. The van der Waals surface area contributed by atoms with Crippen molar-refractivity contribution in [2.75, 3.05) is 12.0 Å². The summed E-state index contributed by atoms with van der Waals surface area (Å²) in [5, 5.41) is 0.835. The molecule has 3 nitrogen and oxygen atoms in total. The number of rotatable bonds is 2. The van der Waals surface area contributed by atoms with Gasteiger partial charge in [-0.3, -0.25) is 0 Å². The van der Waals surface area contributed by atoms with Gasteiger partial charge >= 0.3 is 0 Å². The summed E-state index contributed by atoms with van der Waals surface area (Å²) in [7, 11) is 0. The van der Waals surface area contributed by atoms with Crippen molar-refractivity contribution in [3.8, 4) is 11.4 Å². The summed E-state index contributed by atoms with van der Waals surface area (Å²) in [6, 6.07) is 11.9. The van der Waals surface area contributed by atoms with Crippen molar-refractivity contribution in [3.05, 3.63) is 45.3 Å². The van der Waals surface area contributed by atoms with Crippen LogP contribution in [0.2, 0.25) is 0 Å². The lowest BCUT2D eigenvalue weighted by Gasteiger charge is -2.10. The number of nitrogens with two attached hydrogens (primary N) is 1. The molecule has 0 saturated heterocycles. The second-order valence-electron chi connectivity index (χ2n) is 4.42. The quantitative estimate of drug-likeness (QED) is 0.579. The zero-order valence-electron chi connectivity index (χ0n) is 11.1. The van der Waals surface area contributed by atoms with Crippen LogP contribution < -0.4 is 5.73 Å². The molecular formula is C15H11Br2N3S. The number of benzene rings is 2.